The standard InChI is InChI=1S/C19H33N3O4/c1-7-16(10-8-9-11-17(25)14(3)23)12-21-18(22(6)15(4)24)13(2)19(26)20-5/h12,14,16,23H,7-11H2,1-6H3,(H,20,26)/b18-13-,21-12?. The van der Waals surface area contributed by atoms with Gasteiger partial charge in [0.05, 0.1) is 5.57 Å². The van der Waals surface area contributed by atoms with Crippen molar-refractivity contribution in [3.63, 3.8) is 0 Å². The molecular weight excluding hydrogens is 334 g/mol. The van der Waals surface area contributed by atoms with Crippen LogP contribution in [0, 0.1) is 5.92 Å². The number of nitrogens with zero attached hydrogens (tertiary/aromatic N) is 2. The number of aliphatic imine (C=N–C) groups is 1. The molecule has 0 aliphatic rings. The average molecular weight is 367 g/mol. The van der Waals surface area contributed by atoms with E-state index in [1.165, 1.54) is 25.8 Å². The first-order valence-electron chi connectivity index (χ1n) is 9.07. The van der Waals surface area contributed by atoms with Gasteiger partial charge in [-0.25, -0.2) is 4.99 Å². The molecule has 7 heteroatoms. The largest absolute Gasteiger partial charge is 0.386 e. The summed E-state index contributed by atoms with van der Waals surface area (Å²) in [4.78, 5) is 40.8. The van der Waals surface area contributed by atoms with Crippen molar-refractivity contribution < 1.29 is 19.5 Å². The smallest absolute Gasteiger partial charge is 0.250 e. The molecule has 0 bridgehead atoms. The average Bonchev–Trinajstić information content (AvgIpc) is 2.61. The lowest BCUT2D eigenvalue weighted by molar-refractivity contribution is -0.127. The molecule has 0 aromatic heterocycles. The van der Waals surface area contributed by atoms with Crippen LogP contribution in [0.25, 0.3) is 0 Å². The Bertz CT molecular complexity index is 553. The Morgan fingerprint density at radius 3 is 2.31 bits per heavy atom. The van der Waals surface area contributed by atoms with E-state index < -0.39 is 6.10 Å². The number of ketones is 1. The van der Waals surface area contributed by atoms with E-state index in [1.54, 1.807) is 20.2 Å². The maximum atomic E-state index is 11.9. The third-order valence-electron chi connectivity index (χ3n) is 4.34. The summed E-state index contributed by atoms with van der Waals surface area (Å²) in [7, 11) is 3.12. The third kappa shape index (κ3) is 8.38. The second-order valence-electron chi connectivity index (χ2n) is 6.44. The fourth-order valence-corrected chi connectivity index (χ4v) is 2.35. The van der Waals surface area contributed by atoms with E-state index >= 15 is 0 Å². The Hall–Kier alpha value is -2.02. The summed E-state index contributed by atoms with van der Waals surface area (Å²) in [6, 6.07) is 0. The molecule has 0 aliphatic heterocycles. The van der Waals surface area contributed by atoms with E-state index in [0.29, 0.717) is 17.8 Å². The van der Waals surface area contributed by atoms with Gasteiger partial charge in [-0.2, -0.15) is 0 Å². The van der Waals surface area contributed by atoms with Crippen LogP contribution in [0.4, 0.5) is 0 Å². The topological polar surface area (TPSA) is 99.1 Å². The van der Waals surface area contributed by atoms with Crippen LogP contribution in [0.15, 0.2) is 16.4 Å². The van der Waals surface area contributed by atoms with Crippen molar-refractivity contribution >= 4 is 23.8 Å². The van der Waals surface area contributed by atoms with Crippen LogP contribution in [0.3, 0.4) is 0 Å². The Morgan fingerprint density at radius 1 is 1.23 bits per heavy atom. The number of hydrogen-bond donors (Lipinski definition) is 2. The fourth-order valence-electron chi connectivity index (χ4n) is 2.35. The summed E-state index contributed by atoms with van der Waals surface area (Å²) in [6.07, 6.45) is 4.53. The number of hydrogen-bond acceptors (Lipinski definition) is 5. The summed E-state index contributed by atoms with van der Waals surface area (Å²) < 4.78 is 0. The minimum atomic E-state index is -0.902. The summed E-state index contributed by atoms with van der Waals surface area (Å²) in [5.41, 5.74) is 0.374. The maximum absolute atomic E-state index is 11.9. The van der Waals surface area contributed by atoms with Gasteiger partial charge in [-0.3, -0.25) is 19.3 Å². The van der Waals surface area contributed by atoms with Crippen LogP contribution in [0.2, 0.25) is 0 Å². The van der Waals surface area contributed by atoms with E-state index in [-0.39, 0.29) is 23.5 Å². The first kappa shape index (κ1) is 24.0. The predicted molar refractivity (Wildman–Crippen MR) is 103 cm³/mol. The summed E-state index contributed by atoms with van der Waals surface area (Å²) >= 11 is 0. The third-order valence-corrected chi connectivity index (χ3v) is 4.34. The van der Waals surface area contributed by atoms with Crippen molar-refractivity contribution in [1.29, 1.82) is 0 Å². The second kappa shape index (κ2) is 12.4. The predicted octanol–water partition coefficient (Wildman–Crippen LogP) is 2.05. The minimum absolute atomic E-state index is 0.138. The Kier molecular flexibility index (Phi) is 11.4. The van der Waals surface area contributed by atoms with Gasteiger partial charge in [0, 0.05) is 33.7 Å². The number of rotatable bonds is 11. The summed E-state index contributed by atoms with van der Waals surface area (Å²) in [6.45, 7) is 6.58. The van der Waals surface area contributed by atoms with Crippen LogP contribution >= 0.6 is 0 Å². The molecule has 2 N–H and O–H groups in total. The van der Waals surface area contributed by atoms with Crippen molar-refractivity contribution in [3.05, 3.63) is 11.4 Å². The second-order valence-corrected chi connectivity index (χ2v) is 6.44. The van der Waals surface area contributed by atoms with Crippen molar-refractivity contribution in [2.75, 3.05) is 14.1 Å². The highest BCUT2D eigenvalue weighted by Gasteiger charge is 2.16. The molecule has 0 spiro atoms. The Balaban J connectivity index is 5.00. The van der Waals surface area contributed by atoms with Crippen molar-refractivity contribution in [2.45, 2.75) is 65.9 Å². The molecule has 0 saturated heterocycles. The molecule has 0 rings (SSSR count). The number of aliphatic hydroxyl groups is 1. The van der Waals surface area contributed by atoms with Gasteiger partial charge in [0.1, 0.15) is 11.9 Å². The number of Topliss-reactive ketones (excluding diaryl/α,β-unsaturated/α-hetero) is 1. The van der Waals surface area contributed by atoms with Gasteiger partial charge in [0.25, 0.3) is 0 Å². The number of aliphatic hydroxyl groups excluding tert-OH is 1. The molecule has 0 aliphatic carbocycles. The molecule has 148 valence electrons. The van der Waals surface area contributed by atoms with Crippen LogP contribution in [0.1, 0.15) is 59.8 Å². The van der Waals surface area contributed by atoms with Gasteiger partial charge in [0.15, 0.2) is 5.78 Å². The molecule has 2 unspecified atom stereocenters. The number of carbonyl (C=O) groups excluding carboxylic acids is 3. The molecule has 0 aromatic carbocycles. The number of carbonyl (C=O) groups is 3. The maximum Gasteiger partial charge on any atom is 0.250 e. The van der Waals surface area contributed by atoms with Gasteiger partial charge < -0.3 is 10.4 Å². The van der Waals surface area contributed by atoms with Gasteiger partial charge in [-0.15, -0.1) is 0 Å². The molecule has 0 fully saturated rings. The Labute approximate surface area is 156 Å². The Morgan fingerprint density at radius 2 is 1.85 bits per heavy atom. The normalized spacial score (nSPS) is 14.6. The van der Waals surface area contributed by atoms with E-state index in [4.69, 9.17) is 0 Å². The van der Waals surface area contributed by atoms with Crippen molar-refractivity contribution in [1.82, 2.24) is 10.2 Å². The van der Waals surface area contributed by atoms with E-state index in [0.717, 1.165) is 25.7 Å². The lowest BCUT2D eigenvalue weighted by Gasteiger charge is -2.18. The number of likely N-dealkylation sites (N-methyl/N-ethyl adjacent to an activating group) is 1. The van der Waals surface area contributed by atoms with Crippen molar-refractivity contribution in [2.24, 2.45) is 10.9 Å². The molecule has 2 atom stereocenters. The molecule has 7 nitrogen and oxygen atoms in total. The monoisotopic (exact) mass is 367 g/mol. The molecule has 0 radical (unpaired) electrons. The lowest BCUT2D eigenvalue weighted by Crippen LogP contribution is -2.28. The van der Waals surface area contributed by atoms with Gasteiger partial charge in [0.2, 0.25) is 11.8 Å². The molecular formula is C19H33N3O4. The van der Waals surface area contributed by atoms with Crippen LogP contribution in [-0.2, 0) is 14.4 Å². The summed E-state index contributed by atoms with van der Waals surface area (Å²) in [5, 5.41) is 11.7. The summed E-state index contributed by atoms with van der Waals surface area (Å²) in [5.74, 6) is -0.106. The van der Waals surface area contributed by atoms with Crippen molar-refractivity contribution in [3.8, 4) is 0 Å². The fraction of sp³-hybridized carbons (Fsp3) is 0.684. The highest BCUT2D eigenvalue weighted by molar-refractivity contribution is 5.94. The SMILES string of the molecule is CCC(C=N/C(=C(\C)C(=O)NC)N(C)C(C)=O)CCCCC(=O)C(C)O. The van der Waals surface area contributed by atoms with E-state index in [9.17, 15) is 19.5 Å². The van der Waals surface area contributed by atoms with Gasteiger partial charge >= 0.3 is 0 Å². The zero-order valence-electron chi connectivity index (χ0n) is 16.8. The lowest BCUT2D eigenvalue weighted by atomic mass is 9.98. The number of unbranched alkanes of at least 4 members (excludes halogenated alkanes) is 1. The van der Waals surface area contributed by atoms with E-state index in [2.05, 4.69) is 10.3 Å². The van der Waals surface area contributed by atoms with Gasteiger partial charge in [-0.05, 0) is 39.0 Å². The van der Waals surface area contributed by atoms with Gasteiger partial charge in [-0.1, -0.05) is 13.3 Å². The number of amides is 2. The van der Waals surface area contributed by atoms with Crippen LogP contribution in [-0.4, -0.2) is 54.0 Å². The highest BCUT2D eigenvalue weighted by Crippen LogP contribution is 2.16. The van der Waals surface area contributed by atoms with Crippen LogP contribution in [0.5, 0.6) is 0 Å². The molecule has 2 amide bonds. The van der Waals surface area contributed by atoms with Crippen LogP contribution < -0.4 is 5.32 Å². The molecule has 0 saturated carbocycles. The minimum Gasteiger partial charge on any atom is -0.386 e. The zero-order chi connectivity index (χ0) is 20.3. The number of nitrogens with one attached hydrogen (secondary N) is 1. The first-order chi connectivity index (χ1) is 12.1. The quantitative estimate of drug-likeness (QED) is 0.332. The zero-order valence-corrected chi connectivity index (χ0v) is 16.8. The first-order valence-corrected chi connectivity index (χ1v) is 9.07. The highest BCUT2D eigenvalue weighted by atomic mass is 16.3. The molecule has 0 aromatic rings. The molecule has 0 heterocycles. The van der Waals surface area contributed by atoms with E-state index in [1.807, 2.05) is 6.92 Å². The molecule has 26 heavy (non-hydrogen) atoms.